The molecule has 0 aliphatic carbocycles. The lowest BCUT2D eigenvalue weighted by atomic mass is 10.5. The highest BCUT2D eigenvalue weighted by molar-refractivity contribution is 7.10. The SMILES string of the molecule is Nc1cnn(Cc2sccc2Cl)n1. The number of aromatic nitrogens is 3. The van der Waals surface area contributed by atoms with Crippen LogP contribution in [0.15, 0.2) is 17.6 Å². The smallest absolute Gasteiger partial charge is 0.165 e. The quantitative estimate of drug-likeness (QED) is 0.827. The third kappa shape index (κ3) is 1.81. The minimum absolute atomic E-state index is 0.424. The fourth-order valence-electron chi connectivity index (χ4n) is 0.953. The van der Waals surface area contributed by atoms with Crippen LogP contribution < -0.4 is 5.73 Å². The summed E-state index contributed by atoms with van der Waals surface area (Å²) in [5.74, 6) is 0.424. The average molecular weight is 215 g/mol. The zero-order valence-corrected chi connectivity index (χ0v) is 8.22. The van der Waals surface area contributed by atoms with Crippen LogP contribution in [-0.2, 0) is 6.54 Å². The van der Waals surface area contributed by atoms with Gasteiger partial charge < -0.3 is 5.73 Å². The molecule has 2 rings (SSSR count). The maximum absolute atomic E-state index is 5.91. The maximum atomic E-state index is 5.91. The third-order valence-corrected chi connectivity index (χ3v) is 2.90. The molecule has 2 heterocycles. The van der Waals surface area contributed by atoms with E-state index in [0.717, 1.165) is 9.90 Å². The van der Waals surface area contributed by atoms with Gasteiger partial charge in [0.1, 0.15) is 0 Å². The number of anilines is 1. The first-order chi connectivity index (χ1) is 6.25. The van der Waals surface area contributed by atoms with Crippen molar-refractivity contribution in [3.63, 3.8) is 0 Å². The second-order valence-corrected chi connectivity index (χ2v) is 3.90. The standard InChI is InChI=1S/C7H7ClN4S/c8-5-1-2-13-6(5)4-12-10-3-7(9)11-12/h1-3H,4H2,(H2,9,11). The molecule has 0 atom stereocenters. The molecule has 2 N–H and O–H groups in total. The van der Waals surface area contributed by atoms with Crippen molar-refractivity contribution in [3.05, 3.63) is 27.5 Å². The summed E-state index contributed by atoms with van der Waals surface area (Å²) in [5.41, 5.74) is 5.42. The van der Waals surface area contributed by atoms with Crippen molar-refractivity contribution in [2.24, 2.45) is 0 Å². The zero-order valence-electron chi connectivity index (χ0n) is 6.64. The molecule has 2 aromatic heterocycles. The molecule has 0 aliphatic rings. The second kappa shape index (κ2) is 3.35. The molecule has 0 spiro atoms. The van der Waals surface area contributed by atoms with Gasteiger partial charge in [-0.15, -0.1) is 16.4 Å². The van der Waals surface area contributed by atoms with Crippen molar-refractivity contribution in [2.75, 3.05) is 5.73 Å². The van der Waals surface area contributed by atoms with Gasteiger partial charge in [0.15, 0.2) is 5.82 Å². The van der Waals surface area contributed by atoms with Crippen molar-refractivity contribution in [1.82, 2.24) is 15.0 Å². The molecule has 6 heteroatoms. The third-order valence-electron chi connectivity index (χ3n) is 1.53. The lowest BCUT2D eigenvalue weighted by molar-refractivity contribution is 0.599. The van der Waals surface area contributed by atoms with E-state index in [2.05, 4.69) is 10.2 Å². The molecule has 13 heavy (non-hydrogen) atoms. The summed E-state index contributed by atoms with van der Waals surface area (Å²) in [4.78, 5) is 2.56. The molecule has 0 fully saturated rings. The van der Waals surface area contributed by atoms with E-state index in [4.69, 9.17) is 17.3 Å². The Morgan fingerprint density at radius 3 is 3.00 bits per heavy atom. The topological polar surface area (TPSA) is 56.7 Å². The Morgan fingerprint density at radius 1 is 1.62 bits per heavy atom. The molecule has 0 unspecified atom stereocenters. The number of nitrogen functional groups attached to an aromatic ring is 1. The fourth-order valence-corrected chi connectivity index (χ4v) is 2.02. The Morgan fingerprint density at radius 2 is 2.46 bits per heavy atom. The molecule has 0 bridgehead atoms. The molecule has 68 valence electrons. The van der Waals surface area contributed by atoms with E-state index in [1.165, 1.54) is 11.0 Å². The molecule has 4 nitrogen and oxygen atoms in total. The Hall–Kier alpha value is -1.07. The van der Waals surface area contributed by atoms with Crippen LogP contribution in [0.4, 0.5) is 5.82 Å². The highest BCUT2D eigenvalue weighted by Gasteiger charge is 2.03. The van der Waals surface area contributed by atoms with Crippen molar-refractivity contribution in [2.45, 2.75) is 6.54 Å². The van der Waals surface area contributed by atoms with Gasteiger partial charge >= 0.3 is 0 Å². The Balaban J connectivity index is 2.19. The Labute approximate surface area is 83.9 Å². The molecule has 0 saturated heterocycles. The number of hydrogen-bond donors (Lipinski definition) is 1. The van der Waals surface area contributed by atoms with Crippen LogP contribution in [0, 0.1) is 0 Å². The minimum Gasteiger partial charge on any atom is -0.381 e. The summed E-state index contributed by atoms with van der Waals surface area (Å²) < 4.78 is 0. The Bertz CT molecular complexity index is 408. The van der Waals surface area contributed by atoms with Crippen LogP contribution in [0.3, 0.4) is 0 Å². The summed E-state index contributed by atoms with van der Waals surface area (Å²) in [6.07, 6.45) is 1.52. The van der Waals surface area contributed by atoms with E-state index in [1.807, 2.05) is 11.4 Å². The molecule has 0 radical (unpaired) electrons. The van der Waals surface area contributed by atoms with Crippen LogP contribution in [0.5, 0.6) is 0 Å². The van der Waals surface area contributed by atoms with E-state index in [1.54, 1.807) is 11.3 Å². The van der Waals surface area contributed by atoms with Crippen LogP contribution in [0.1, 0.15) is 4.88 Å². The number of rotatable bonds is 2. The summed E-state index contributed by atoms with van der Waals surface area (Å²) in [6.45, 7) is 0.577. The van der Waals surface area contributed by atoms with Crippen molar-refractivity contribution < 1.29 is 0 Å². The number of thiophene rings is 1. The molecular formula is C7H7ClN4S. The predicted molar refractivity (Wildman–Crippen MR) is 52.9 cm³/mol. The summed E-state index contributed by atoms with van der Waals surface area (Å²) >= 11 is 7.49. The van der Waals surface area contributed by atoms with Gasteiger partial charge in [-0.25, -0.2) is 0 Å². The van der Waals surface area contributed by atoms with Crippen LogP contribution in [0.2, 0.25) is 5.02 Å². The van der Waals surface area contributed by atoms with Crippen LogP contribution in [-0.4, -0.2) is 15.0 Å². The summed E-state index contributed by atoms with van der Waals surface area (Å²) in [5, 5.41) is 10.6. The Kier molecular flexibility index (Phi) is 2.20. The van der Waals surface area contributed by atoms with Crippen LogP contribution in [0.25, 0.3) is 0 Å². The number of hydrogen-bond acceptors (Lipinski definition) is 4. The summed E-state index contributed by atoms with van der Waals surface area (Å²) in [6, 6.07) is 1.86. The molecule has 0 amide bonds. The highest BCUT2D eigenvalue weighted by atomic mass is 35.5. The average Bonchev–Trinajstić information content (AvgIpc) is 2.64. The van der Waals surface area contributed by atoms with Gasteiger partial charge in [-0.1, -0.05) is 11.6 Å². The molecule has 0 saturated carbocycles. The molecule has 0 aromatic carbocycles. The van der Waals surface area contributed by atoms with E-state index in [9.17, 15) is 0 Å². The number of halogens is 1. The zero-order chi connectivity index (χ0) is 9.26. The summed E-state index contributed by atoms with van der Waals surface area (Å²) in [7, 11) is 0. The lowest BCUT2D eigenvalue weighted by Gasteiger charge is -1.96. The second-order valence-electron chi connectivity index (χ2n) is 2.49. The van der Waals surface area contributed by atoms with E-state index >= 15 is 0 Å². The highest BCUT2D eigenvalue weighted by Crippen LogP contribution is 2.22. The predicted octanol–water partition coefficient (Wildman–Crippen LogP) is 1.62. The van der Waals surface area contributed by atoms with Gasteiger partial charge in [-0.2, -0.15) is 9.90 Å². The van der Waals surface area contributed by atoms with Gasteiger partial charge in [0, 0.05) is 4.88 Å². The number of nitrogens with two attached hydrogens (primary N) is 1. The lowest BCUT2D eigenvalue weighted by Crippen LogP contribution is -2.02. The van der Waals surface area contributed by atoms with E-state index in [0.29, 0.717) is 12.4 Å². The molecule has 0 aliphatic heterocycles. The van der Waals surface area contributed by atoms with Gasteiger partial charge in [-0.05, 0) is 11.4 Å². The first-order valence-electron chi connectivity index (χ1n) is 3.63. The molecule has 2 aromatic rings. The maximum Gasteiger partial charge on any atom is 0.165 e. The first-order valence-corrected chi connectivity index (χ1v) is 4.89. The van der Waals surface area contributed by atoms with Gasteiger partial charge in [0.05, 0.1) is 17.8 Å². The first kappa shape index (κ1) is 8.52. The van der Waals surface area contributed by atoms with Crippen LogP contribution >= 0.6 is 22.9 Å². The van der Waals surface area contributed by atoms with Crippen molar-refractivity contribution in [1.29, 1.82) is 0 Å². The minimum atomic E-state index is 0.424. The van der Waals surface area contributed by atoms with Gasteiger partial charge in [-0.3, -0.25) is 0 Å². The number of nitrogens with zero attached hydrogens (tertiary/aromatic N) is 3. The van der Waals surface area contributed by atoms with E-state index < -0.39 is 0 Å². The van der Waals surface area contributed by atoms with Crippen molar-refractivity contribution >= 4 is 28.8 Å². The van der Waals surface area contributed by atoms with Crippen molar-refractivity contribution in [3.8, 4) is 0 Å². The normalized spacial score (nSPS) is 10.5. The van der Waals surface area contributed by atoms with E-state index in [-0.39, 0.29) is 0 Å². The fraction of sp³-hybridized carbons (Fsp3) is 0.143. The largest absolute Gasteiger partial charge is 0.381 e. The molecular weight excluding hydrogens is 208 g/mol. The monoisotopic (exact) mass is 214 g/mol. The van der Waals surface area contributed by atoms with Gasteiger partial charge in [0.2, 0.25) is 0 Å². The van der Waals surface area contributed by atoms with Gasteiger partial charge in [0.25, 0.3) is 0 Å².